The van der Waals surface area contributed by atoms with Crippen molar-refractivity contribution in [2.75, 3.05) is 37.7 Å². The number of carbonyl (C=O) groups excluding carboxylic acids is 4. The normalized spacial score (nSPS) is 13.3. The molecule has 1 atom stereocenters. The molecule has 4 N–H and O–H groups in total. The fourth-order valence-corrected chi connectivity index (χ4v) is 7.12. The van der Waals surface area contributed by atoms with Gasteiger partial charge in [-0.1, -0.05) is 57.5 Å². The van der Waals surface area contributed by atoms with Crippen molar-refractivity contribution in [3.8, 4) is 11.1 Å². The highest BCUT2D eigenvalue weighted by Gasteiger charge is 2.38. The number of carboxylic acid groups (broad SMARTS) is 1. The van der Waals surface area contributed by atoms with E-state index in [4.69, 9.17) is 15.6 Å². The van der Waals surface area contributed by atoms with E-state index >= 15 is 4.39 Å². The third kappa shape index (κ3) is 14.7. The Morgan fingerprint density at radius 1 is 0.931 bits per heavy atom. The van der Waals surface area contributed by atoms with Crippen LogP contribution in [0.5, 0.6) is 0 Å². The molecule has 0 spiro atoms. The molecule has 11 nitrogen and oxygen atoms in total. The maximum atomic E-state index is 15.0. The van der Waals surface area contributed by atoms with E-state index in [9.17, 15) is 36.7 Å². The first-order valence-electron chi connectivity index (χ1n) is 18.7. The third-order valence-corrected chi connectivity index (χ3v) is 9.95. The molecule has 0 saturated heterocycles. The molecule has 2 aromatic carbocycles. The van der Waals surface area contributed by atoms with Gasteiger partial charge in [0.25, 0.3) is 11.8 Å². The number of unbranched alkanes of at least 4 members (excludes halogenated alkanes) is 2. The molecule has 58 heavy (non-hydrogen) atoms. The lowest BCUT2D eigenvalue weighted by molar-refractivity contribution is -0.192. The number of imide groups is 1. The van der Waals surface area contributed by atoms with Crippen LogP contribution in [0.4, 0.5) is 22.0 Å². The number of amides is 4. The maximum Gasteiger partial charge on any atom is 0.490 e. The molecule has 1 unspecified atom stereocenters. The van der Waals surface area contributed by atoms with Gasteiger partial charge in [-0.3, -0.25) is 24.1 Å². The Morgan fingerprint density at radius 3 is 2.19 bits per heavy atom. The van der Waals surface area contributed by atoms with Crippen molar-refractivity contribution in [3.05, 3.63) is 95.8 Å². The average molecular weight is 836 g/mol. The topological polar surface area (TPSA) is 155 Å². The summed E-state index contributed by atoms with van der Waals surface area (Å²) < 4.78 is 63.1. The summed E-state index contributed by atoms with van der Waals surface area (Å²) in [5.74, 6) is -3.68. The summed E-state index contributed by atoms with van der Waals surface area (Å²) in [6.07, 6.45) is 2.48. The number of carbonyl (C=O) groups is 5. The largest absolute Gasteiger partial charge is 0.490 e. The van der Waals surface area contributed by atoms with E-state index in [-0.39, 0.29) is 54.1 Å². The molecule has 316 valence electrons. The number of benzene rings is 2. The van der Waals surface area contributed by atoms with Crippen LogP contribution < -0.4 is 11.1 Å². The first-order valence-corrected chi connectivity index (χ1v) is 19.9. The van der Waals surface area contributed by atoms with E-state index in [0.717, 1.165) is 46.9 Å². The number of nitrogens with two attached hydrogens (primary N) is 1. The van der Waals surface area contributed by atoms with Crippen LogP contribution in [0, 0.1) is 17.0 Å². The molecule has 4 amide bonds. The summed E-state index contributed by atoms with van der Waals surface area (Å²) in [6, 6.07) is 14.8. The van der Waals surface area contributed by atoms with Crippen molar-refractivity contribution in [1.82, 2.24) is 19.7 Å². The van der Waals surface area contributed by atoms with Crippen molar-refractivity contribution >= 4 is 41.4 Å². The molecule has 0 fully saturated rings. The molecule has 0 bridgehead atoms. The highest BCUT2D eigenvalue weighted by molar-refractivity contribution is 7.99. The smallest absolute Gasteiger partial charge is 0.475 e. The maximum absolute atomic E-state index is 15.0. The van der Waals surface area contributed by atoms with Crippen LogP contribution in [0.2, 0.25) is 0 Å². The van der Waals surface area contributed by atoms with Crippen LogP contribution in [-0.4, -0.2) is 92.9 Å². The monoisotopic (exact) mass is 835 g/mol. The number of carboxylic acids is 1. The van der Waals surface area contributed by atoms with Gasteiger partial charge in [0.05, 0.1) is 11.8 Å². The minimum atomic E-state index is -5.08. The number of nitrogens with one attached hydrogen (secondary N) is 1. The summed E-state index contributed by atoms with van der Waals surface area (Å²) in [5.41, 5.74) is 8.08. The molecule has 3 aromatic rings. The predicted octanol–water partition coefficient (Wildman–Crippen LogP) is 6.71. The summed E-state index contributed by atoms with van der Waals surface area (Å²) in [4.78, 5) is 61.3. The van der Waals surface area contributed by atoms with Gasteiger partial charge in [0, 0.05) is 67.8 Å². The number of nitrogens with zero attached hydrogens (tertiary/aromatic N) is 3. The van der Waals surface area contributed by atoms with Gasteiger partial charge in [-0.15, -0.1) is 0 Å². The zero-order chi connectivity index (χ0) is 43.0. The van der Waals surface area contributed by atoms with Gasteiger partial charge in [-0.25, -0.2) is 13.6 Å². The molecule has 1 aromatic heterocycles. The van der Waals surface area contributed by atoms with Crippen molar-refractivity contribution in [3.63, 3.8) is 0 Å². The predicted molar refractivity (Wildman–Crippen MR) is 211 cm³/mol. The Hall–Kier alpha value is -5.03. The van der Waals surface area contributed by atoms with E-state index in [1.54, 1.807) is 11.8 Å². The van der Waals surface area contributed by atoms with Gasteiger partial charge in [0.1, 0.15) is 11.6 Å². The molecule has 0 saturated carbocycles. The number of rotatable bonds is 19. The second-order valence-electron chi connectivity index (χ2n) is 14.6. The molecular formula is C41H50F5N5O6S. The summed E-state index contributed by atoms with van der Waals surface area (Å²) >= 11 is 1.55. The molecular weight excluding hydrogens is 786 g/mol. The number of halogens is 5. The zero-order valence-corrected chi connectivity index (χ0v) is 33.5. The van der Waals surface area contributed by atoms with E-state index in [2.05, 4.69) is 26.1 Å². The van der Waals surface area contributed by atoms with E-state index in [0.29, 0.717) is 44.5 Å². The van der Waals surface area contributed by atoms with Gasteiger partial charge in [-0.05, 0) is 66.8 Å². The Balaban J connectivity index is 0.00000117. The second kappa shape index (κ2) is 22.2. The number of hydrogen-bond acceptors (Lipinski definition) is 7. The van der Waals surface area contributed by atoms with Gasteiger partial charge in [-0.2, -0.15) is 24.9 Å². The van der Waals surface area contributed by atoms with Gasteiger partial charge in [0.2, 0.25) is 11.8 Å². The van der Waals surface area contributed by atoms with Crippen LogP contribution in [0.25, 0.3) is 11.1 Å². The number of aliphatic carboxylic acids is 1. The molecule has 2 heterocycles. The lowest BCUT2D eigenvalue weighted by Crippen LogP contribution is -2.44. The molecule has 17 heteroatoms. The Labute approximate surface area is 338 Å². The van der Waals surface area contributed by atoms with Crippen LogP contribution >= 0.6 is 11.8 Å². The molecule has 1 aliphatic rings. The molecule has 0 radical (unpaired) electrons. The van der Waals surface area contributed by atoms with Crippen molar-refractivity contribution in [2.24, 2.45) is 11.1 Å². The standard InChI is InChI=1S/C39H49F2N5O4S.C2HF3O2/c1-39(2,3)38(33-23-29(31-24-30(40)14-15-32(31)41)26-44(33)25-28-11-6-4-7-12-28)46(20-10-18-42)37(50)27-51-22-9-5-8-13-34(47)43-19-21-45-35(48)16-17-36(45)49;3-2(4,5)1(6)7/h4,6-7,11-12,14-17,23-24,26,38H,5,8-10,13,18-22,25,27,42H2,1-3H3,(H,43,47);(H,6,7). The molecule has 4 rings (SSSR count). The quantitative estimate of drug-likeness (QED) is 0.0684. The summed E-state index contributed by atoms with van der Waals surface area (Å²) in [6.45, 7) is 7.94. The minimum absolute atomic E-state index is 0.0242. The van der Waals surface area contributed by atoms with E-state index < -0.39 is 29.2 Å². The summed E-state index contributed by atoms with van der Waals surface area (Å²) in [5, 5.41) is 9.88. The van der Waals surface area contributed by atoms with Crippen molar-refractivity contribution < 1.29 is 51.0 Å². The van der Waals surface area contributed by atoms with Crippen LogP contribution in [-0.2, 0) is 30.5 Å². The van der Waals surface area contributed by atoms with Gasteiger partial charge in [0.15, 0.2) is 0 Å². The molecule has 0 aliphatic carbocycles. The summed E-state index contributed by atoms with van der Waals surface area (Å²) in [7, 11) is 0. The highest BCUT2D eigenvalue weighted by Crippen LogP contribution is 2.41. The first-order chi connectivity index (χ1) is 27.3. The Kier molecular flexibility index (Phi) is 18.1. The average Bonchev–Trinajstić information content (AvgIpc) is 3.70. The SMILES string of the molecule is CC(C)(C)C(c1cc(-c2cc(F)ccc2F)cn1Cc1ccccc1)N(CCCN)C(=O)CSCCCCCC(=O)NCCN1C(=O)C=CC1=O.O=C(O)C(F)(F)F. The van der Waals surface area contributed by atoms with E-state index in [1.165, 1.54) is 18.2 Å². The number of aromatic nitrogens is 1. The van der Waals surface area contributed by atoms with Crippen LogP contribution in [0.1, 0.15) is 70.2 Å². The van der Waals surface area contributed by atoms with Crippen molar-refractivity contribution in [2.45, 2.75) is 71.6 Å². The number of alkyl halides is 3. The van der Waals surface area contributed by atoms with Crippen LogP contribution in [0.3, 0.4) is 0 Å². The lowest BCUT2D eigenvalue weighted by atomic mass is 9.83. The fraction of sp³-hybridized carbons (Fsp3) is 0.439. The van der Waals surface area contributed by atoms with Gasteiger partial charge < -0.3 is 25.6 Å². The van der Waals surface area contributed by atoms with E-state index in [1.807, 2.05) is 52.1 Å². The fourth-order valence-electron chi connectivity index (χ4n) is 6.23. The first kappa shape index (κ1) is 47.3. The Bertz CT molecular complexity index is 1880. The van der Waals surface area contributed by atoms with Gasteiger partial charge >= 0.3 is 12.1 Å². The number of thioether (sulfide) groups is 1. The third-order valence-electron chi connectivity index (χ3n) is 8.92. The number of hydrogen-bond donors (Lipinski definition) is 3. The zero-order valence-electron chi connectivity index (χ0n) is 32.7. The van der Waals surface area contributed by atoms with Crippen molar-refractivity contribution in [1.29, 1.82) is 0 Å². The molecule has 1 aliphatic heterocycles. The highest BCUT2D eigenvalue weighted by atomic mass is 32.2. The Morgan fingerprint density at radius 2 is 1.59 bits per heavy atom. The minimum Gasteiger partial charge on any atom is -0.475 e. The van der Waals surface area contributed by atoms with Crippen LogP contribution in [0.15, 0.2) is 72.9 Å². The second-order valence-corrected chi connectivity index (χ2v) is 15.7. The lowest BCUT2D eigenvalue weighted by Gasteiger charge is -2.41.